The highest BCUT2D eigenvalue weighted by Crippen LogP contribution is 2.21. The van der Waals surface area contributed by atoms with E-state index in [1.54, 1.807) is 6.92 Å². The minimum Gasteiger partial charge on any atom is -0.456 e. The molecule has 0 unspecified atom stereocenters. The first-order valence-corrected chi connectivity index (χ1v) is 5.25. The van der Waals surface area contributed by atoms with Gasteiger partial charge < -0.3 is 4.74 Å². The summed E-state index contributed by atoms with van der Waals surface area (Å²) in [4.78, 5) is 21.9. The molecule has 0 atom stereocenters. The number of benzene rings is 1. The molecule has 0 fully saturated rings. The van der Waals surface area contributed by atoms with E-state index in [-0.39, 0.29) is 12.2 Å². The maximum absolute atomic E-state index is 12.2. The summed E-state index contributed by atoms with van der Waals surface area (Å²) < 4.78 is 41.2. The Bertz CT molecular complexity index is 550. The quantitative estimate of drug-likeness (QED) is 0.470. The lowest BCUT2D eigenvalue weighted by Gasteiger charge is -2.04. The minimum absolute atomic E-state index is 0.128. The van der Waals surface area contributed by atoms with Crippen LogP contribution in [0.25, 0.3) is 0 Å². The number of alkyl halides is 3. The van der Waals surface area contributed by atoms with Gasteiger partial charge in [0.2, 0.25) is 0 Å². The predicted octanol–water partition coefficient (Wildman–Crippen LogP) is 2.35. The number of hydrogen-bond acceptors (Lipinski definition) is 3. The van der Waals surface area contributed by atoms with Crippen LogP contribution in [0.1, 0.15) is 22.8 Å². The van der Waals surface area contributed by atoms with Gasteiger partial charge in [0.15, 0.2) is 0 Å². The van der Waals surface area contributed by atoms with Crippen molar-refractivity contribution in [2.24, 2.45) is 0 Å². The molecular weight excluding hydrogens is 261 g/mol. The summed E-state index contributed by atoms with van der Waals surface area (Å²) in [6, 6.07) is 4.65. The van der Waals surface area contributed by atoms with E-state index in [9.17, 15) is 22.8 Å². The Hall–Kier alpha value is -2.29. The highest BCUT2D eigenvalue weighted by molar-refractivity contribution is 6.00. The highest BCUT2D eigenvalue weighted by atomic mass is 19.4. The summed E-state index contributed by atoms with van der Waals surface area (Å²) in [5, 5.41) is 0. The molecule has 0 N–H and O–H groups in total. The molecule has 6 heteroatoms. The molecule has 3 nitrogen and oxygen atoms in total. The Morgan fingerprint density at radius 1 is 1.32 bits per heavy atom. The van der Waals surface area contributed by atoms with E-state index in [0.29, 0.717) is 0 Å². The van der Waals surface area contributed by atoms with Gasteiger partial charge >= 0.3 is 12.1 Å². The van der Waals surface area contributed by atoms with Gasteiger partial charge in [-0.15, -0.1) is 0 Å². The van der Waals surface area contributed by atoms with E-state index in [4.69, 9.17) is 0 Å². The number of halogens is 3. The Labute approximate surface area is 107 Å². The molecule has 19 heavy (non-hydrogen) atoms. The van der Waals surface area contributed by atoms with Crippen molar-refractivity contribution in [1.82, 2.24) is 0 Å². The molecular formula is C13H9F3O3. The Morgan fingerprint density at radius 3 is 2.58 bits per heavy atom. The van der Waals surface area contributed by atoms with E-state index in [2.05, 4.69) is 16.6 Å². The fraction of sp³-hybridized carbons (Fsp3) is 0.231. The SMILES string of the molecule is CCOC(=O)C#Cc1cccc(C(=O)C(F)(F)F)c1. The monoisotopic (exact) mass is 270 g/mol. The molecule has 0 aliphatic rings. The first-order valence-electron chi connectivity index (χ1n) is 5.25. The van der Waals surface area contributed by atoms with Crippen molar-refractivity contribution in [3.05, 3.63) is 35.4 Å². The van der Waals surface area contributed by atoms with Gasteiger partial charge in [-0.25, -0.2) is 4.79 Å². The van der Waals surface area contributed by atoms with Gasteiger partial charge in [-0.2, -0.15) is 13.2 Å². The van der Waals surface area contributed by atoms with Gasteiger partial charge in [0.1, 0.15) is 0 Å². The Balaban J connectivity index is 2.95. The molecule has 0 saturated heterocycles. The molecule has 0 saturated carbocycles. The van der Waals surface area contributed by atoms with Crippen LogP contribution in [0.3, 0.4) is 0 Å². The molecule has 0 spiro atoms. The van der Waals surface area contributed by atoms with E-state index in [0.717, 1.165) is 12.1 Å². The molecule has 1 rings (SSSR count). The zero-order chi connectivity index (χ0) is 14.5. The second-order valence-electron chi connectivity index (χ2n) is 3.38. The standard InChI is InChI=1S/C13H9F3O3/c1-2-19-11(17)7-6-9-4-3-5-10(8-9)12(18)13(14,15)16/h3-5,8H,2H2,1H3. The van der Waals surface area contributed by atoms with Crippen LogP contribution in [-0.2, 0) is 9.53 Å². The molecule has 0 aromatic heterocycles. The molecule has 100 valence electrons. The summed E-state index contributed by atoms with van der Waals surface area (Å²) in [5.41, 5.74) is -0.397. The van der Waals surface area contributed by atoms with E-state index in [1.807, 2.05) is 0 Å². The lowest BCUT2D eigenvalue weighted by Crippen LogP contribution is -2.22. The van der Waals surface area contributed by atoms with Gasteiger partial charge in [-0.1, -0.05) is 18.1 Å². The van der Waals surface area contributed by atoms with Crippen molar-refractivity contribution in [3.8, 4) is 11.8 Å². The largest absolute Gasteiger partial charge is 0.456 e. The third-order valence-corrected chi connectivity index (χ3v) is 1.97. The number of esters is 1. The van der Waals surface area contributed by atoms with Gasteiger partial charge in [0, 0.05) is 17.0 Å². The van der Waals surface area contributed by atoms with Crippen LogP contribution in [0.15, 0.2) is 24.3 Å². The van der Waals surface area contributed by atoms with Crippen molar-refractivity contribution in [3.63, 3.8) is 0 Å². The highest BCUT2D eigenvalue weighted by Gasteiger charge is 2.39. The van der Waals surface area contributed by atoms with Crippen molar-refractivity contribution in [2.75, 3.05) is 6.61 Å². The lowest BCUT2D eigenvalue weighted by atomic mass is 10.1. The van der Waals surface area contributed by atoms with Crippen molar-refractivity contribution in [2.45, 2.75) is 13.1 Å². The average molecular weight is 270 g/mol. The van der Waals surface area contributed by atoms with Gasteiger partial charge in [0.05, 0.1) is 6.61 Å². The maximum Gasteiger partial charge on any atom is 0.454 e. The van der Waals surface area contributed by atoms with Crippen molar-refractivity contribution >= 4 is 11.8 Å². The summed E-state index contributed by atoms with van der Waals surface area (Å²) >= 11 is 0. The van der Waals surface area contributed by atoms with Crippen LogP contribution in [0.4, 0.5) is 13.2 Å². The Morgan fingerprint density at radius 2 is 2.00 bits per heavy atom. The molecule has 0 aliphatic carbocycles. The summed E-state index contributed by atoms with van der Waals surface area (Å²) in [7, 11) is 0. The normalized spacial score (nSPS) is 10.3. The second kappa shape index (κ2) is 6.05. The predicted molar refractivity (Wildman–Crippen MR) is 60.3 cm³/mol. The fourth-order valence-corrected chi connectivity index (χ4v) is 1.19. The van der Waals surface area contributed by atoms with E-state index in [1.165, 1.54) is 12.1 Å². The van der Waals surface area contributed by atoms with E-state index < -0.39 is 23.5 Å². The van der Waals surface area contributed by atoms with Crippen LogP contribution < -0.4 is 0 Å². The maximum atomic E-state index is 12.2. The van der Waals surface area contributed by atoms with Crippen molar-refractivity contribution in [1.29, 1.82) is 0 Å². The molecule has 0 radical (unpaired) electrons. The van der Waals surface area contributed by atoms with Gasteiger partial charge in [-0.3, -0.25) is 4.79 Å². The number of ketones is 1. The van der Waals surface area contributed by atoms with Crippen LogP contribution >= 0.6 is 0 Å². The number of carbonyl (C=O) groups is 2. The third kappa shape index (κ3) is 4.47. The van der Waals surface area contributed by atoms with Crippen molar-refractivity contribution < 1.29 is 27.5 Å². The first-order chi connectivity index (χ1) is 8.84. The fourth-order valence-electron chi connectivity index (χ4n) is 1.19. The minimum atomic E-state index is -4.94. The van der Waals surface area contributed by atoms with Crippen LogP contribution in [0.5, 0.6) is 0 Å². The van der Waals surface area contributed by atoms with Gasteiger partial charge in [0.25, 0.3) is 5.78 Å². The molecule has 0 heterocycles. The molecule has 0 aliphatic heterocycles. The van der Waals surface area contributed by atoms with Crippen LogP contribution in [0, 0.1) is 11.8 Å². The zero-order valence-corrected chi connectivity index (χ0v) is 9.88. The number of Topliss-reactive ketones (excluding diaryl/α,β-unsaturated/α-hetero) is 1. The summed E-state index contributed by atoms with van der Waals surface area (Å²) in [6.45, 7) is 1.75. The lowest BCUT2D eigenvalue weighted by molar-refractivity contribution is -0.136. The third-order valence-electron chi connectivity index (χ3n) is 1.97. The number of hydrogen-bond donors (Lipinski definition) is 0. The van der Waals surface area contributed by atoms with Crippen LogP contribution in [-0.4, -0.2) is 24.5 Å². The smallest absolute Gasteiger partial charge is 0.454 e. The van der Waals surface area contributed by atoms with Gasteiger partial charge in [-0.05, 0) is 19.1 Å². The number of rotatable bonds is 2. The van der Waals surface area contributed by atoms with E-state index >= 15 is 0 Å². The number of carbonyl (C=O) groups excluding carboxylic acids is 2. The summed E-state index contributed by atoms with van der Waals surface area (Å²) in [5.74, 6) is 1.70. The second-order valence-corrected chi connectivity index (χ2v) is 3.38. The molecule has 1 aromatic carbocycles. The molecule has 0 bridgehead atoms. The Kier molecular flexibility index (Phi) is 4.70. The number of ether oxygens (including phenoxy) is 1. The first kappa shape index (κ1) is 14.8. The van der Waals surface area contributed by atoms with Crippen LogP contribution in [0.2, 0.25) is 0 Å². The molecule has 1 aromatic rings. The average Bonchev–Trinajstić information content (AvgIpc) is 2.35. The zero-order valence-electron chi connectivity index (χ0n) is 9.88. The molecule has 0 amide bonds. The topological polar surface area (TPSA) is 43.4 Å². The summed E-state index contributed by atoms with van der Waals surface area (Å²) in [6.07, 6.45) is -4.94.